The highest BCUT2D eigenvalue weighted by molar-refractivity contribution is 5.98. The lowest BCUT2D eigenvalue weighted by atomic mass is 9.91. The number of carbonyl (C=O) groups excluding carboxylic acids is 2. The second kappa shape index (κ2) is 12.0. The molecule has 4 N–H and O–H groups in total. The number of carbonyl (C=O) groups is 2. The van der Waals surface area contributed by atoms with E-state index >= 15 is 0 Å². The molecule has 2 saturated carbocycles. The van der Waals surface area contributed by atoms with E-state index in [0.29, 0.717) is 17.9 Å². The van der Waals surface area contributed by atoms with Crippen LogP contribution in [0.1, 0.15) is 80.1 Å². The van der Waals surface area contributed by atoms with Gasteiger partial charge in [0.25, 0.3) is 5.91 Å². The lowest BCUT2D eigenvalue weighted by molar-refractivity contribution is -0.116. The van der Waals surface area contributed by atoms with E-state index in [1.54, 1.807) is 0 Å². The van der Waals surface area contributed by atoms with Crippen LogP contribution in [0.25, 0.3) is 0 Å². The second-order valence-corrected chi connectivity index (χ2v) is 10.0. The van der Waals surface area contributed by atoms with Crippen LogP contribution in [0.4, 0.5) is 5.69 Å². The summed E-state index contributed by atoms with van der Waals surface area (Å²) in [5.41, 5.74) is 8.59. The predicted molar refractivity (Wildman–Crippen MR) is 130 cm³/mol. The monoisotopic (exact) mass is 456 g/mol. The lowest BCUT2D eigenvalue weighted by Gasteiger charge is -2.29. The Morgan fingerprint density at radius 1 is 1.03 bits per heavy atom. The number of amides is 2. The summed E-state index contributed by atoms with van der Waals surface area (Å²) >= 11 is 0. The number of morpholine rings is 1. The summed E-state index contributed by atoms with van der Waals surface area (Å²) < 4.78 is 5.47. The minimum Gasteiger partial charge on any atom is -0.379 e. The average molecular weight is 457 g/mol. The zero-order valence-corrected chi connectivity index (χ0v) is 19.8. The normalized spacial score (nSPS) is 24.5. The van der Waals surface area contributed by atoms with Crippen molar-refractivity contribution in [1.82, 2.24) is 10.2 Å². The Hall–Kier alpha value is -1.96. The molecule has 0 radical (unpaired) electrons. The molecule has 1 aromatic carbocycles. The first kappa shape index (κ1) is 24.2. The van der Waals surface area contributed by atoms with Crippen molar-refractivity contribution in [2.24, 2.45) is 11.7 Å². The highest BCUT2D eigenvalue weighted by Gasteiger charge is 2.24. The number of benzene rings is 1. The number of ether oxygens (including phenoxy) is 1. The quantitative estimate of drug-likeness (QED) is 0.557. The summed E-state index contributed by atoms with van der Waals surface area (Å²) in [6.45, 7) is 3.93. The van der Waals surface area contributed by atoms with Crippen molar-refractivity contribution < 1.29 is 14.3 Å². The van der Waals surface area contributed by atoms with Crippen molar-refractivity contribution in [2.75, 3.05) is 31.6 Å². The van der Waals surface area contributed by atoms with Gasteiger partial charge in [0, 0.05) is 49.4 Å². The van der Waals surface area contributed by atoms with E-state index < -0.39 is 0 Å². The second-order valence-electron chi connectivity index (χ2n) is 10.0. The maximum absolute atomic E-state index is 13.0. The third kappa shape index (κ3) is 7.01. The molecule has 0 aromatic heterocycles. The predicted octanol–water partition coefficient (Wildman–Crippen LogP) is 3.43. The van der Waals surface area contributed by atoms with E-state index in [4.69, 9.17) is 10.5 Å². The number of hydrogen-bond acceptors (Lipinski definition) is 5. The van der Waals surface area contributed by atoms with Gasteiger partial charge in [0.15, 0.2) is 0 Å². The van der Waals surface area contributed by atoms with Crippen LogP contribution in [0.15, 0.2) is 18.2 Å². The van der Waals surface area contributed by atoms with E-state index in [1.165, 1.54) is 25.7 Å². The number of nitrogens with one attached hydrogen (secondary N) is 2. The van der Waals surface area contributed by atoms with E-state index in [-0.39, 0.29) is 23.9 Å². The number of nitrogens with two attached hydrogens (primary N) is 1. The Balaban J connectivity index is 1.44. The van der Waals surface area contributed by atoms with E-state index in [1.807, 2.05) is 18.2 Å². The van der Waals surface area contributed by atoms with Crippen molar-refractivity contribution in [3.8, 4) is 0 Å². The van der Waals surface area contributed by atoms with Gasteiger partial charge >= 0.3 is 0 Å². The molecule has 7 heteroatoms. The Morgan fingerprint density at radius 3 is 2.52 bits per heavy atom. The Kier molecular flexibility index (Phi) is 8.75. The number of nitrogens with zero attached hydrogens (tertiary/aromatic N) is 1. The van der Waals surface area contributed by atoms with Crippen LogP contribution in [-0.2, 0) is 16.1 Å². The van der Waals surface area contributed by atoms with Gasteiger partial charge in [-0.1, -0.05) is 44.6 Å². The molecule has 2 aliphatic carbocycles. The fraction of sp³-hybridized carbons (Fsp3) is 0.692. The van der Waals surface area contributed by atoms with E-state index in [2.05, 4.69) is 15.5 Å². The van der Waals surface area contributed by atoms with Crippen molar-refractivity contribution in [2.45, 2.75) is 82.8 Å². The van der Waals surface area contributed by atoms with Crippen LogP contribution >= 0.6 is 0 Å². The average Bonchev–Trinajstić information content (AvgIpc) is 3.35. The molecule has 1 saturated heterocycles. The minimum absolute atomic E-state index is 0.0121. The van der Waals surface area contributed by atoms with Gasteiger partial charge in [-0.2, -0.15) is 0 Å². The molecule has 2 unspecified atom stereocenters. The molecule has 182 valence electrons. The van der Waals surface area contributed by atoms with Crippen LogP contribution in [0.3, 0.4) is 0 Å². The highest BCUT2D eigenvalue weighted by Crippen LogP contribution is 2.29. The Morgan fingerprint density at radius 2 is 1.76 bits per heavy atom. The third-order valence-electron chi connectivity index (χ3n) is 7.53. The van der Waals surface area contributed by atoms with E-state index in [9.17, 15) is 9.59 Å². The summed E-state index contributed by atoms with van der Waals surface area (Å²) in [6.07, 6.45) is 10.6. The van der Waals surface area contributed by atoms with Crippen molar-refractivity contribution >= 4 is 17.5 Å². The Labute approximate surface area is 197 Å². The molecule has 7 nitrogen and oxygen atoms in total. The van der Waals surface area contributed by atoms with Crippen LogP contribution in [0, 0.1) is 5.92 Å². The van der Waals surface area contributed by atoms with E-state index in [0.717, 1.165) is 76.2 Å². The van der Waals surface area contributed by atoms with Crippen molar-refractivity contribution in [1.29, 1.82) is 0 Å². The fourth-order valence-electron chi connectivity index (χ4n) is 5.41. The van der Waals surface area contributed by atoms with Gasteiger partial charge in [0.1, 0.15) is 0 Å². The zero-order valence-electron chi connectivity index (χ0n) is 19.8. The fourth-order valence-corrected chi connectivity index (χ4v) is 5.41. The molecule has 1 heterocycles. The molecule has 0 spiro atoms. The number of anilines is 1. The summed E-state index contributed by atoms with van der Waals surface area (Å²) in [4.78, 5) is 28.1. The number of hydrogen-bond donors (Lipinski definition) is 3. The van der Waals surface area contributed by atoms with Gasteiger partial charge in [0.05, 0.1) is 13.2 Å². The van der Waals surface area contributed by atoms with Gasteiger partial charge in [-0.05, 0) is 42.9 Å². The molecule has 1 aliphatic heterocycles. The number of rotatable bonds is 8. The molecule has 4 rings (SSSR count). The highest BCUT2D eigenvalue weighted by atomic mass is 16.5. The first-order chi connectivity index (χ1) is 16.1. The minimum atomic E-state index is -0.114. The van der Waals surface area contributed by atoms with Gasteiger partial charge < -0.3 is 21.1 Å². The molecule has 3 fully saturated rings. The zero-order chi connectivity index (χ0) is 23.0. The molecule has 2 amide bonds. The van der Waals surface area contributed by atoms with Crippen molar-refractivity contribution in [3.05, 3.63) is 29.3 Å². The van der Waals surface area contributed by atoms with Gasteiger partial charge in [-0.15, -0.1) is 0 Å². The molecule has 2 atom stereocenters. The van der Waals surface area contributed by atoms with Gasteiger partial charge in [-0.25, -0.2) is 0 Å². The third-order valence-corrected chi connectivity index (χ3v) is 7.53. The summed E-state index contributed by atoms with van der Waals surface area (Å²) in [5.74, 6) is 0.606. The first-order valence-electron chi connectivity index (χ1n) is 12.9. The SMILES string of the molecule is NC1CCCCC1NC(=O)c1ccc(CN2CCOCC2)c(NC(=O)CCC2CCCC2)c1. The smallest absolute Gasteiger partial charge is 0.251 e. The van der Waals surface area contributed by atoms with Gasteiger partial charge in [-0.3, -0.25) is 14.5 Å². The Bertz CT molecular complexity index is 803. The lowest BCUT2D eigenvalue weighted by Crippen LogP contribution is -2.49. The van der Waals surface area contributed by atoms with Crippen LogP contribution in [0.2, 0.25) is 0 Å². The molecule has 1 aromatic rings. The van der Waals surface area contributed by atoms with Gasteiger partial charge in [0.2, 0.25) is 5.91 Å². The van der Waals surface area contributed by atoms with Crippen molar-refractivity contribution in [3.63, 3.8) is 0 Å². The molecule has 33 heavy (non-hydrogen) atoms. The maximum atomic E-state index is 13.0. The summed E-state index contributed by atoms with van der Waals surface area (Å²) in [7, 11) is 0. The van der Waals surface area contributed by atoms with Crippen LogP contribution in [-0.4, -0.2) is 55.1 Å². The maximum Gasteiger partial charge on any atom is 0.251 e. The molecular formula is C26H40N4O3. The molecule has 3 aliphatic rings. The first-order valence-corrected chi connectivity index (χ1v) is 12.9. The molecular weight excluding hydrogens is 416 g/mol. The largest absolute Gasteiger partial charge is 0.379 e. The molecule has 0 bridgehead atoms. The standard InChI is InChI=1S/C26H40N4O3/c27-22-7-3-4-8-23(22)29-26(32)20-10-11-21(18-30-13-15-33-16-14-30)24(17-20)28-25(31)12-9-19-5-1-2-6-19/h10-11,17,19,22-23H,1-9,12-16,18,27H2,(H,28,31)(H,29,32). The van der Waals surface area contributed by atoms with Crippen LogP contribution < -0.4 is 16.4 Å². The summed E-state index contributed by atoms with van der Waals surface area (Å²) in [5, 5.41) is 6.26. The summed E-state index contributed by atoms with van der Waals surface area (Å²) in [6, 6.07) is 5.72. The van der Waals surface area contributed by atoms with Crippen LogP contribution in [0.5, 0.6) is 0 Å². The topological polar surface area (TPSA) is 96.7 Å².